The molecular weight excluding hydrogens is 563 g/mol. The van der Waals surface area contributed by atoms with Crippen LogP contribution in [0.2, 0.25) is 0 Å². The molecule has 5 N–H and O–H groups in total. The fraction of sp³-hybridized carbons (Fsp3) is 0.708. The van der Waals surface area contributed by atoms with E-state index in [4.69, 9.17) is 28.4 Å². The van der Waals surface area contributed by atoms with Gasteiger partial charge in [-0.1, -0.05) is 12.1 Å². The molecule has 5 aliphatic heterocycles. The zero-order valence-electron chi connectivity index (χ0n) is 21.2. The second-order valence-electron chi connectivity index (χ2n) is 10.4. The molecule has 226 valence electrons. The summed E-state index contributed by atoms with van der Waals surface area (Å²) in [7, 11) is 0. The average Bonchev–Trinajstić information content (AvgIpc) is 3.47. The first-order valence-electron chi connectivity index (χ1n) is 12.9. The van der Waals surface area contributed by atoms with E-state index in [2.05, 4.69) is 15.5 Å². The highest BCUT2D eigenvalue weighted by atomic mass is 19.4. The number of hydrogen-bond acceptors (Lipinski definition) is 13. The molecule has 1 aromatic carbocycles. The Balaban J connectivity index is 1.14. The summed E-state index contributed by atoms with van der Waals surface area (Å²) in [5.74, 6) is -0.686. The molecule has 14 nitrogen and oxygen atoms in total. The van der Waals surface area contributed by atoms with Crippen LogP contribution in [-0.4, -0.2) is 126 Å². The Hall–Kier alpha value is -2.32. The Kier molecular flexibility index (Phi) is 7.55. The fourth-order valence-electron chi connectivity index (χ4n) is 5.30. The molecule has 0 radical (unpaired) electrons. The van der Waals surface area contributed by atoms with E-state index in [-0.39, 0.29) is 37.6 Å². The smallest absolute Gasteiger partial charge is 0.387 e. The standard InChI is InChI=1S/C24H28F3N3O11/c25-24(26,27)23(29-30-23)10-3-1-9(2-4-10)20(35)28-11(5-36-18-12-7-38-21(40-12)16(33)14(18)31)6-37-19-13-8-39-22(41-13)17(34)15(19)32/h1-4,11-19,21-22,31-34H,5-8H2,(H,28,35)/t11?,12-,13+,14-,15-,16+,17+,18-,19-,21?,22+/m1/s1. The van der Waals surface area contributed by atoms with Gasteiger partial charge in [-0.15, -0.1) is 10.2 Å². The number of nitrogens with one attached hydrogen (secondary N) is 1. The summed E-state index contributed by atoms with van der Waals surface area (Å²) < 4.78 is 73.1. The summed E-state index contributed by atoms with van der Waals surface area (Å²) in [4.78, 5) is 13.1. The monoisotopic (exact) mass is 591 g/mol. The number of amides is 1. The number of nitrogens with zero attached hydrogens (tertiary/aromatic N) is 2. The SMILES string of the molecule is O=C(NC(CO[C@H]1[C@H](O)[C@H](O)[C@H]2OC[C@@H]1O2)CO[C@H]1[C@H](O)[C@H](O)C2OC[C@H]1O2)c1ccc(C2(C(F)(F)F)N=N2)cc1. The van der Waals surface area contributed by atoms with E-state index >= 15 is 0 Å². The Morgan fingerprint density at radius 3 is 1.83 bits per heavy atom. The van der Waals surface area contributed by atoms with Crippen molar-refractivity contribution in [2.45, 2.75) is 79.3 Å². The molecule has 2 unspecified atom stereocenters. The molecule has 4 fully saturated rings. The molecule has 6 rings (SSSR count). The molecule has 11 atom stereocenters. The van der Waals surface area contributed by atoms with Crippen LogP contribution >= 0.6 is 0 Å². The average molecular weight is 591 g/mol. The number of carbonyl (C=O) groups excluding carboxylic acids is 1. The van der Waals surface area contributed by atoms with Gasteiger partial charge >= 0.3 is 11.8 Å². The number of alkyl halides is 3. The minimum absolute atomic E-state index is 0.0173. The van der Waals surface area contributed by atoms with Crippen molar-refractivity contribution < 1.29 is 66.8 Å². The highest BCUT2D eigenvalue weighted by molar-refractivity contribution is 5.94. The molecule has 0 saturated carbocycles. The number of fused-ring (bicyclic) bond motifs is 4. The van der Waals surface area contributed by atoms with Gasteiger partial charge in [-0.2, -0.15) is 13.2 Å². The molecule has 0 aromatic heterocycles. The van der Waals surface area contributed by atoms with Gasteiger partial charge in [-0.3, -0.25) is 4.79 Å². The van der Waals surface area contributed by atoms with E-state index in [1.807, 2.05) is 0 Å². The number of carbonyl (C=O) groups is 1. The summed E-state index contributed by atoms with van der Waals surface area (Å²) in [5, 5.41) is 50.3. The number of benzene rings is 1. The van der Waals surface area contributed by atoms with Crippen LogP contribution < -0.4 is 5.32 Å². The second kappa shape index (κ2) is 10.7. The molecule has 5 heterocycles. The van der Waals surface area contributed by atoms with Crippen LogP contribution in [0.25, 0.3) is 0 Å². The number of hydrogen-bond donors (Lipinski definition) is 5. The number of aliphatic hydroxyl groups excluding tert-OH is 4. The fourth-order valence-corrected chi connectivity index (χ4v) is 5.30. The minimum Gasteiger partial charge on any atom is -0.387 e. The normalized spacial score (nSPS) is 39.5. The van der Waals surface area contributed by atoms with Crippen molar-refractivity contribution in [2.24, 2.45) is 10.2 Å². The van der Waals surface area contributed by atoms with Gasteiger partial charge in [0, 0.05) is 11.1 Å². The maximum atomic E-state index is 13.3. The van der Waals surface area contributed by atoms with Crippen LogP contribution in [0.15, 0.2) is 34.5 Å². The Morgan fingerprint density at radius 1 is 0.902 bits per heavy atom. The molecule has 0 spiro atoms. The van der Waals surface area contributed by atoms with Crippen molar-refractivity contribution in [2.75, 3.05) is 26.4 Å². The van der Waals surface area contributed by atoms with Crippen LogP contribution in [0, 0.1) is 0 Å². The zero-order valence-corrected chi connectivity index (χ0v) is 21.2. The van der Waals surface area contributed by atoms with Crippen molar-refractivity contribution >= 4 is 5.91 Å². The Morgan fingerprint density at radius 2 is 1.39 bits per heavy atom. The minimum atomic E-state index is -4.72. The summed E-state index contributed by atoms with van der Waals surface area (Å²) in [6.45, 7) is -0.414. The molecule has 1 aromatic rings. The highest BCUT2D eigenvalue weighted by Crippen LogP contribution is 2.52. The van der Waals surface area contributed by atoms with Gasteiger partial charge in [0.1, 0.15) is 48.8 Å². The van der Waals surface area contributed by atoms with Gasteiger partial charge in [0.15, 0.2) is 12.6 Å². The van der Waals surface area contributed by atoms with Gasteiger partial charge in [0.05, 0.1) is 32.5 Å². The lowest BCUT2D eigenvalue weighted by molar-refractivity contribution is -0.245. The first kappa shape index (κ1) is 28.8. The van der Waals surface area contributed by atoms with Gasteiger partial charge in [0.2, 0.25) is 0 Å². The van der Waals surface area contributed by atoms with Gasteiger partial charge in [0.25, 0.3) is 5.91 Å². The molecule has 41 heavy (non-hydrogen) atoms. The first-order chi connectivity index (χ1) is 19.5. The van der Waals surface area contributed by atoms with Gasteiger partial charge < -0.3 is 54.2 Å². The predicted octanol–water partition coefficient (Wildman–Crippen LogP) is -1.31. The van der Waals surface area contributed by atoms with Gasteiger partial charge in [-0.05, 0) is 12.1 Å². The topological polar surface area (TPSA) is 190 Å². The molecule has 17 heteroatoms. The van der Waals surface area contributed by atoms with Crippen molar-refractivity contribution in [1.29, 1.82) is 0 Å². The van der Waals surface area contributed by atoms with Crippen molar-refractivity contribution in [3.05, 3.63) is 35.4 Å². The third kappa shape index (κ3) is 5.24. The Labute approximate surface area is 229 Å². The third-order valence-electron chi connectivity index (χ3n) is 7.69. The highest BCUT2D eigenvalue weighted by Gasteiger charge is 2.65. The summed E-state index contributed by atoms with van der Waals surface area (Å²) >= 11 is 0. The molecule has 4 bridgehead atoms. The van der Waals surface area contributed by atoms with Crippen LogP contribution in [0.4, 0.5) is 13.2 Å². The molecular formula is C24H28F3N3O11. The number of ether oxygens (including phenoxy) is 6. The zero-order chi connectivity index (χ0) is 29.1. The van der Waals surface area contributed by atoms with E-state index in [1.54, 1.807) is 0 Å². The predicted molar refractivity (Wildman–Crippen MR) is 123 cm³/mol. The van der Waals surface area contributed by atoms with Crippen LogP contribution in [0.3, 0.4) is 0 Å². The van der Waals surface area contributed by atoms with Crippen molar-refractivity contribution in [1.82, 2.24) is 5.32 Å². The maximum absolute atomic E-state index is 13.3. The summed E-state index contributed by atoms with van der Waals surface area (Å²) in [6.07, 6.45) is -15.5. The molecule has 5 aliphatic rings. The number of halogens is 3. The lowest BCUT2D eigenvalue weighted by Crippen LogP contribution is -2.57. The van der Waals surface area contributed by atoms with E-state index in [9.17, 15) is 38.4 Å². The lowest BCUT2D eigenvalue weighted by Gasteiger charge is -2.37. The quantitative estimate of drug-likeness (QED) is 0.229. The third-order valence-corrected chi connectivity index (χ3v) is 7.69. The summed E-state index contributed by atoms with van der Waals surface area (Å²) in [5.41, 5.74) is -2.85. The van der Waals surface area contributed by atoms with Crippen molar-refractivity contribution in [3.8, 4) is 0 Å². The first-order valence-corrected chi connectivity index (χ1v) is 12.9. The van der Waals surface area contributed by atoms with Crippen LogP contribution in [-0.2, 0) is 34.1 Å². The van der Waals surface area contributed by atoms with Crippen LogP contribution in [0.5, 0.6) is 0 Å². The largest absolute Gasteiger partial charge is 0.442 e. The van der Waals surface area contributed by atoms with Gasteiger partial charge in [-0.25, -0.2) is 0 Å². The molecule has 0 aliphatic carbocycles. The van der Waals surface area contributed by atoms with Crippen LogP contribution in [0.1, 0.15) is 15.9 Å². The molecule has 4 saturated heterocycles. The maximum Gasteiger partial charge on any atom is 0.442 e. The van der Waals surface area contributed by atoms with E-state index in [0.29, 0.717) is 0 Å². The Bertz CT molecular complexity index is 1110. The van der Waals surface area contributed by atoms with E-state index < -0.39 is 85.2 Å². The number of rotatable bonds is 9. The second-order valence-corrected chi connectivity index (χ2v) is 10.4. The molecule has 1 amide bonds. The van der Waals surface area contributed by atoms with E-state index in [1.165, 1.54) is 12.1 Å². The number of aliphatic hydroxyl groups is 4. The van der Waals surface area contributed by atoms with Crippen molar-refractivity contribution in [3.63, 3.8) is 0 Å². The lowest BCUT2D eigenvalue weighted by atomic mass is 10.0. The summed E-state index contributed by atoms with van der Waals surface area (Å²) in [6, 6.07) is 3.65. The van der Waals surface area contributed by atoms with E-state index in [0.717, 1.165) is 12.1 Å².